The number of ether oxygens (including phenoxy) is 1. The first kappa shape index (κ1) is 15.0. The van der Waals surface area contributed by atoms with Crippen LogP contribution >= 0.6 is 0 Å². The fraction of sp³-hybridized carbons (Fsp3) is 0.588. The van der Waals surface area contributed by atoms with Crippen LogP contribution in [0.4, 0.5) is 0 Å². The van der Waals surface area contributed by atoms with Gasteiger partial charge < -0.3 is 10.1 Å². The lowest BCUT2D eigenvalue weighted by Gasteiger charge is -2.26. The minimum atomic E-state index is -0.156. The van der Waals surface area contributed by atoms with E-state index in [2.05, 4.69) is 12.2 Å². The molecule has 110 valence electrons. The normalized spacial score (nSPS) is 22.5. The van der Waals surface area contributed by atoms with Crippen molar-refractivity contribution in [1.29, 1.82) is 0 Å². The van der Waals surface area contributed by atoms with Crippen molar-refractivity contribution in [2.24, 2.45) is 5.92 Å². The van der Waals surface area contributed by atoms with E-state index in [9.17, 15) is 4.79 Å². The molecular weight excluding hydrogens is 250 g/mol. The van der Waals surface area contributed by atoms with Crippen molar-refractivity contribution >= 4 is 5.97 Å². The fourth-order valence-corrected chi connectivity index (χ4v) is 2.76. The third-order valence-electron chi connectivity index (χ3n) is 4.12. The average molecular weight is 275 g/mol. The maximum atomic E-state index is 12.3. The molecule has 3 heteroatoms. The van der Waals surface area contributed by atoms with E-state index >= 15 is 0 Å². The number of benzene rings is 1. The zero-order chi connectivity index (χ0) is 14.4. The minimum absolute atomic E-state index is 0.107. The zero-order valence-electron chi connectivity index (χ0n) is 12.5. The molecular formula is C17H25NO2. The first-order valence-corrected chi connectivity index (χ1v) is 7.64. The maximum absolute atomic E-state index is 12.3. The van der Waals surface area contributed by atoms with Gasteiger partial charge in [-0.3, -0.25) is 0 Å². The molecule has 0 saturated heterocycles. The number of rotatable bonds is 5. The van der Waals surface area contributed by atoms with Crippen molar-refractivity contribution in [1.82, 2.24) is 5.32 Å². The van der Waals surface area contributed by atoms with Crippen molar-refractivity contribution in [3.05, 3.63) is 35.4 Å². The molecule has 1 aliphatic carbocycles. The highest BCUT2D eigenvalue weighted by atomic mass is 16.5. The molecule has 0 aromatic heterocycles. The summed E-state index contributed by atoms with van der Waals surface area (Å²) in [6, 6.07) is 7.77. The molecule has 1 aliphatic rings. The van der Waals surface area contributed by atoms with Gasteiger partial charge in [-0.05, 0) is 63.2 Å². The van der Waals surface area contributed by atoms with Crippen LogP contribution < -0.4 is 5.32 Å². The summed E-state index contributed by atoms with van der Waals surface area (Å²) in [6.07, 6.45) is 5.30. The molecule has 0 spiro atoms. The van der Waals surface area contributed by atoms with Crippen LogP contribution in [-0.2, 0) is 11.2 Å². The maximum Gasteiger partial charge on any atom is 0.338 e. The molecule has 3 nitrogen and oxygen atoms in total. The zero-order valence-corrected chi connectivity index (χ0v) is 12.5. The molecule has 1 N–H and O–H groups in total. The summed E-state index contributed by atoms with van der Waals surface area (Å²) < 4.78 is 5.69. The van der Waals surface area contributed by atoms with E-state index in [-0.39, 0.29) is 12.1 Å². The molecule has 20 heavy (non-hydrogen) atoms. The second-order valence-electron chi connectivity index (χ2n) is 5.80. The molecule has 0 bridgehead atoms. The molecule has 0 aliphatic heterocycles. The molecule has 0 heterocycles. The van der Waals surface area contributed by atoms with Crippen molar-refractivity contribution < 1.29 is 9.53 Å². The summed E-state index contributed by atoms with van der Waals surface area (Å²) in [5.74, 6) is 0.615. The van der Waals surface area contributed by atoms with Gasteiger partial charge in [-0.1, -0.05) is 25.1 Å². The van der Waals surface area contributed by atoms with E-state index < -0.39 is 0 Å². The standard InChI is InChI=1S/C17H25NO2/c1-13-7-9-15(10-8-13)20-17(19)16-6-4-3-5-14(16)11-12-18-2/h3-6,13,15,18H,7-12H2,1-2H3. The molecule has 0 atom stereocenters. The molecule has 0 amide bonds. The fourth-order valence-electron chi connectivity index (χ4n) is 2.76. The molecule has 1 aromatic carbocycles. The van der Waals surface area contributed by atoms with Crippen LogP contribution in [0.1, 0.15) is 48.5 Å². The van der Waals surface area contributed by atoms with E-state index in [0.717, 1.165) is 42.9 Å². The van der Waals surface area contributed by atoms with E-state index in [0.29, 0.717) is 0 Å². The number of esters is 1. The lowest BCUT2D eigenvalue weighted by atomic mass is 9.89. The highest BCUT2D eigenvalue weighted by Gasteiger charge is 2.22. The summed E-state index contributed by atoms with van der Waals surface area (Å²) in [6.45, 7) is 3.14. The molecule has 2 rings (SSSR count). The van der Waals surface area contributed by atoms with Crippen LogP contribution in [-0.4, -0.2) is 25.7 Å². The van der Waals surface area contributed by atoms with Crippen LogP contribution in [0.15, 0.2) is 24.3 Å². The van der Waals surface area contributed by atoms with Crippen LogP contribution in [0.2, 0.25) is 0 Å². The van der Waals surface area contributed by atoms with Gasteiger partial charge in [0.05, 0.1) is 5.56 Å². The van der Waals surface area contributed by atoms with E-state index in [1.165, 1.54) is 12.8 Å². The van der Waals surface area contributed by atoms with Gasteiger partial charge in [0.15, 0.2) is 0 Å². The van der Waals surface area contributed by atoms with Crippen molar-refractivity contribution in [3.63, 3.8) is 0 Å². The van der Waals surface area contributed by atoms with Gasteiger partial charge in [0.2, 0.25) is 0 Å². The third-order valence-corrected chi connectivity index (χ3v) is 4.12. The summed E-state index contributed by atoms with van der Waals surface area (Å²) in [5, 5.41) is 3.12. The Morgan fingerprint density at radius 2 is 1.95 bits per heavy atom. The first-order valence-electron chi connectivity index (χ1n) is 7.64. The van der Waals surface area contributed by atoms with E-state index in [4.69, 9.17) is 4.74 Å². The van der Waals surface area contributed by atoms with Crippen molar-refractivity contribution in [2.75, 3.05) is 13.6 Å². The minimum Gasteiger partial charge on any atom is -0.459 e. The van der Waals surface area contributed by atoms with Crippen molar-refractivity contribution in [2.45, 2.75) is 45.1 Å². The van der Waals surface area contributed by atoms with Gasteiger partial charge in [0, 0.05) is 0 Å². The molecule has 0 unspecified atom stereocenters. The van der Waals surface area contributed by atoms with Gasteiger partial charge in [0.25, 0.3) is 0 Å². The Morgan fingerprint density at radius 1 is 1.25 bits per heavy atom. The Bertz CT molecular complexity index is 436. The molecule has 1 fully saturated rings. The predicted molar refractivity (Wildman–Crippen MR) is 80.9 cm³/mol. The number of nitrogens with one attached hydrogen (secondary N) is 1. The van der Waals surface area contributed by atoms with E-state index in [1.54, 1.807) is 0 Å². The number of carbonyl (C=O) groups excluding carboxylic acids is 1. The highest BCUT2D eigenvalue weighted by molar-refractivity contribution is 5.91. The Hall–Kier alpha value is -1.35. The summed E-state index contributed by atoms with van der Waals surface area (Å²) in [5.41, 5.74) is 1.79. The summed E-state index contributed by atoms with van der Waals surface area (Å²) in [4.78, 5) is 12.3. The van der Waals surface area contributed by atoms with Crippen LogP contribution in [0.3, 0.4) is 0 Å². The van der Waals surface area contributed by atoms with Crippen LogP contribution in [0.25, 0.3) is 0 Å². The lowest BCUT2D eigenvalue weighted by molar-refractivity contribution is 0.0172. The summed E-state index contributed by atoms with van der Waals surface area (Å²) >= 11 is 0. The van der Waals surface area contributed by atoms with Gasteiger partial charge in [-0.15, -0.1) is 0 Å². The number of likely N-dealkylation sites (N-methyl/N-ethyl adjacent to an activating group) is 1. The Morgan fingerprint density at radius 3 is 2.65 bits per heavy atom. The smallest absolute Gasteiger partial charge is 0.338 e. The van der Waals surface area contributed by atoms with Crippen LogP contribution in [0, 0.1) is 5.92 Å². The van der Waals surface area contributed by atoms with Crippen molar-refractivity contribution in [3.8, 4) is 0 Å². The number of hydrogen-bond donors (Lipinski definition) is 1. The second kappa shape index (κ2) is 7.44. The largest absolute Gasteiger partial charge is 0.459 e. The summed E-state index contributed by atoms with van der Waals surface area (Å²) in [7, 11) is 1.92. The predicted octanol–water partition coefficient (Wildman–Crippen LogP) is 3.18. The Kier molecular flexibility index (Phi) is 5.60. The van der Waals surface area contributed by atoms with Crippen LogP contribution in [0.5, 0.6) is 0 Å². The number of carbonyl (C=O) groups is 1. The quantitative estimate of drug-likeness (QED) is 0.839. The van der Waals surface area contributed by atoms with Gasteiger partial charge >= 0.3 is 5.97 Å². The number of hydrogen-bond acceptors (Lipinski definition) is 3. The molecule has 1 saturated carbocycles. The average Bonchev–Trinajstić information content (AvgIpc) is 2.47. The highest BCUT2D eigenvalue weighted by Crippen LogP contribution is 2.26. The second-order valence-corrected chi connectivity index (χ2v) is 5.80. The third kappa shape index (κ3) is 4.07. The van der Waals surface area contributed by atoms with Gasteiger partial charge in [0.1, 0.15) is 6.10 Å². The lowest BCUT2D eigenvalue weighted by Crippen LogP contribution is -2.24. The van der Waals surface area contributed by atoms with Gasteiger partial charge in [-0.2, -0.15) is 0 Å². The first-order chi connectivity index (χ1) is 9.70. The monoisotopic (exact) mass is 275 g/mol. The Labute approximate surface area is 121 Å². The van der Waals surface area contributed by atoms with E-state index in [1.807, 2.05) is 31.3 Å². The van der Waals surface area contributed by atoms with Gasteiger partial charge in [-0.25, -0.2) is 4.79 Å². The topological polar surface area (TPSA) is 38.3 Å². The molecule has 1 aromatic rings. The molecule has 0 radical (unpaired) electrons. The Balaban J connectivity index is 1.98. The SMILES string of the molecule is CNCCc1ccccc1C(=O)OC1CCC(C)CC1.